The van der Waals surface area contributed by atoms with Gasteiger partial charge in [0.1, 0.15) is 26.7 Å². The van der Waals surface area contributed by atoms with Crippen molar-refractivity contribution in [3.8, 4) is 44.5 Å². The summed E-state index contributed by atoms with van der Waals surface area (Å²) in [6.45, 7) is 26.9. The van der Waals surface area contributed by atoms with Gasteiger partial charge in [0.15, 0.2) is 0 Å². The Morgan fingerprint density at radius 2 is 0.745 bits per heavy atom. The van der Waals surface area contributed by atoms with E-state index in [9.17, 15) is 38.4 Å². The molecule has 22 nitrogen and oxygen atoms in total. The Hall–Kier alpha value is -8.46. The lowest BCUT2D eigenvalue weighted by molar-refractivity contribution is -0.120. The van der Waals surface area contributed by atoms with Gasteiger partial charge >= 0.3 is 22.5 Å². The second-order valence-corrected chi connectivity index (χ2v) is 28.9. The van der Waals surface area contributed by atoms with Gasteiger partial charge < -0.3 is 49.2 Å². The number of rotatable bonds is 16. The van der Waals surface area contributed by atoms with Crippen LogP contribution in [-0.4, -0.2) is 116 Å². The SMILES string of the molecule is C=S(C)c1c(C)cc(-c2cn(CNC(C)=O)oc2=O)cc1C.C=S1CCN(c2c(C)cc(-c3cn(CNC(C)=O)oc3=O)cc2C)CC1.CC(=O)NCn1cc(-c2cc(C)c(N3CCSCC3)c(C)c2)c(=O)o1.CSc1c(C)cc(-c2cn(CNC(C)=O)oc2=O)cc1C. The summed E-state index contributed by atoms with van der Waals surface area (Å²) in [5, 5.41) is 10.4. The Bertz CT molecular complexity index is 4280. The highest BCUT2D eigenvalue weighted by Gasteiger charge is 2.22. The third-order valence-electron chi connectivity index (χ3n) is 15.4. The van der Waals surface area contributed by atoms with E-state index in [0.29, 0.717) is 22.3 Å². The summed E-state index contributed by atoms with van der Waals surface area (Å²) in [6.07, 6.45) is 10.6. The van der Waals surface area contributed by atoms with Crippen LogP contribution in [0.2, 0.25) is 0 Å². The van der Waals surface area contributed by atoms with E-state index in [-0.39, 0.29) is 71.3 Å². The Labute approximate surface area is 560 Å². The van der Waals surface area contributed by atoms with Crippen molar-refractivity contribution in [1.82, 2.24) is 40.2 Å². The smallest absolute Gasteiger partial charge is 0.365 e. The van der Waals surface area contributed by atoms with E-state index >= 15 is 0 Å². The summed E-state index contributed by atoms with van der Waals surface area (Å²) in [4.78, 5) is 99.5. The molecular formula is C68H86N10O12S4. The first kappa shape index (κ1) is 73.0. The molecule has 4 N–H and O–H groups in total. The first-order valence-electron chi connectivity index (χ1n) is 30.3. The third kappa shape index (κ3) is 19.3. The summed E-state index contributed by atoms with van der Waals surface area (Å²) >= 11 is 3.68. The minimum atomic E-state index is -0.415. The van der Waals surface area contributed by atoms with Gasteiger partial charge in [-0.2, -0.15) is 51.7 Å². The maximum absolute atomic E-state index is 12.2. The van der Waals surface area contributed by atoms with Crippen molar-refractivity contribution >= 4 is 91.2 Å². The number of thioether (sulfide) groups is 2. The summed E-state index contributed by atoms with van der Waals surface area (Å²) < 4.78 is 25.9. The molecule has 26 heteroatoms. The zero-order chi connectivity index (χ0) is 68.8. The van der Waals surface area contributed by atoms with Crippen LogP contribution in [0.4, 0.5) is 11.4 Å². The topological polar surface area (TPSA) is 263 Å². The number of hydrogen-bond donors (Lipinski definition) is 4. The Kier molecular flexibility index (Phi) is 25.7. The first-order valence-corrected chi connectivity index (χ1v) is 36.2. The molecule has 4 amide bonds. The van der Waals surface area contributed by atoms with Crippen LogP contribution < -0.4 is 53.6 Å². The molecule has 0 radical (unpaired) electrons. The van der Waals surface area contributed by atoms with E-state index in [1.807, 2.05) is 94.2 Å². The highest BCUT2D eigenvalue weighted by atomic mass is 32.2. The van der Waals surface area contributed by atoms with Gasteiger partial charge in [0, 0.05) is 98.1 Å². The monoisotopic (exact) mass is 1360 g/mol. The molecule has 1 unspecified atom stereocenters. The molecule has 10 rings (SSSR count). The Balaban J connectivity index is 0.000000178. The highest BCUT2D eigenvalue weighted by Crippen LogP contribution is 2.36. The molecule has 0 aliphatic carbocycles. The van der Waals surface area contributed by atoms with Crippen molar-refractivity contribution in [1.29, 1.82) is 0 Å². The molecule has 0 bridgehead atoms. The number of carbonyl (C=O) groups excluding carboxylic acids is 4. The van der Waals surface area contributed by atoms with Crippen molar-refractivity contribution in [3.05, 3.63) is 160 Å². The molecule has 94 heavy (non-hydrogen) atoms. The molecule has 8 aromatic rings. The minimum absolute atomic E-state index is 0.0795. The zero-order valence-corrected chi connectivity index (χ0v) is 59.3. The summed E-state index contributed by atoms with van der Waals surface area (Å²) in [6, 6.07) is 16.1. The van der Waals surface area contributed by atoms with Crippen molar-refractivity contribution in [2.75, 3.05) is 71.5 Å². The molecule has 0 spiro atoms. The third-order valence-corrected chi connectivity index (χ3v) is 20.2. The lowest BCUT2D eigenvalue weighted by Crippen LogP contribution is -2.34. The average Bonchev–Trinajstić information content (AvgIpc) is 1.41. The number of hydrogen-bond acceptors (Lipinski definition) is 16. The van der Waals surface area contributed by atoms with Gasteiger partial charge in [-0.1, -0.05) is 11.7 Å². The van der Waals surface area contributed by atoms with Gasteiger partial charge in [0.2, 0.25) is 23.6 Å². The maximum atomic E-state index is 12.2. The molecule has 0 saturated carbocycles. The van der Waals surface area contributed by atoms with Gasteiger partial charge in [-0.25, -0.2) is 19.2 Å². The second-order valence-electron chi connectivity index (χ2n) is 23.2. The summed E-state index contributed by atoms with van der Waals surface area (Å²) in [5.41, 5.74) is 15.4. The van der Waals surface area contributed by atoms with Crippen LogP contribution in [0.3, 0.4) is 0 Å². The van der Waals surface area contributed by atoms with Crippen molar-refractivity contribution in [2.24, 2.45) is 0 Å². The van der Waals surface area contributed by atoms with Gasteiger partial charge in [-0.15, -0.1) is 11.8 Å². The zero-order valence-electron chi connectivity index (χ0n) is 56.0. The number of amides is 4. The van der Waals surface area contributed by atoms with Gasteiger partial charge in [-0.3, -0.25) is 19.2 Å². The molecule has 2 saturated heterocycles. The lowest BCUT2D eigenvalue weighted by atomic mass is 10.00. The van der Waals surface area contributed by atoms with Crippen LogP contribution in [0.25, 0.3) is 44.5 Å². The number of aryl methyl sites for hydroxylation is 8. The van der Waals surface area contributed by atoms with E-state index in [1.54, 1.807) is 36.5 Å². The van der Waals surface area contributed by atoms with Gasteiger partial charge in [0.25, 0.3) is 0 Å². The van der Waals surface area contributed by atoms with E-state index in [2.05, 4.69) is 76.8 Å². The number of aromatic nitrogens is 4. The van der Waals surface area contributed by atoms with Crippen LogP contribution in [0.15, 0.2) is 120 Å². The molecule has 1 atom stereocenters. The van der Waals surface area contributed by atoms with Crippen LogP contribution in [0.1, 0.15) is 72.2 Å². The number of anilines is 2. The molecule has 2 aliphatic heterocycles. The molecule has 4 aromatic carbocycles. The number of benzene rings is 4. The van der Waals surface area contributed by atoms with Gasteiger partial charge in [0.05, 0.1) is 47.0 Å². The fourth-order valence-electron chi connectivity index (χ4n) is 11.4. The Morgan fingerprint density at radius 1 is 0.479 bits per heavy atom. The summed E-state index contributed by atoms with van der Waals surface area (Å²) in [5.74, 6) is 12.2. The first-order chi connectivity index (χ1) is 44.5. The quantitative estimate of drug-likeness (QED) is 0.0518. The average molecular weight is 1360 g/mol. The van der Waals surface area contributed by atoms with E-state index in [0.717, 1.165) is 116 Å². The largest absolute Gasteiger partial charge is 0.369 e. The number of nitrogens with one attached hydrogen (secondary N) is 4. The molecule has 6 heterocycles. The lowest BCUT2D eigenvalue weighted by Gasteiger charge is -2.33. The fraction of sp³-hybridized carbons (Fsp3) is 0.382. The summed E-state index contributed by atoms with van der Waals surface area (Å²) in [7, 11) is 0.205. The second kappa shape index (κ2) is 33.1. The van der Waals surface area contributed by atoms with Crippen LogP contribution in [-0.2, 0) is 45.9 Å². The van der Waals surface area contributed by atoms with Gasteiger partial charge in [-0.05, 0) is 183 Å². The van der Waals surface area contributed by atoms with E-state index in [4.69, 9.17) is 18.1 Å². The Morgan fingerprint density at radius 3 is 1.01 bits per heavy atom. The van der Waals surface area contributed by atoms with Crippen LogP contribution in [0.5, 0.6) is 0 Å². The number of nitrogens with zero attached hydrogens (tertiary/aromatic N) is 6. The highest BCUT2D eigenvalue weighted by molar-refractivity contribution is 8.14. The molecule has 4 aromatic heterocycles. The maximum Gasteiger partial charge on any atom is 0.365 e. The normalized spacial score (nSPS) is 13.3. The van der Waals surface area contributed by atoms with Crippen molar-refractivity contribution in [2.45, 2.75) is 120 Å². The van der Waals surface area contributed by atoms with Crippen LogP contribution in [0, 0.1) is 55.4 Å². The van der Waals surface area contributed by atoms with Crippen molar-refractivity contribution < 1.29 is 37.3 Å². The molecule has 2 aliphatic rings. The van der Waals surface area contributed by atoms with Crippen molar-refractivity contribution in [3.63, 3.8) is 0 Å². The standard InChI is InChI=1S/C19H25N3O3S.C18H23N3O3S.C16H20N2O3S.C15H18N2O3S/c1-13-9-16(17-11-22(25-19(17)24)12-20-15(3)23)10-14(2)18(13)21-5-7-26(4)8-6-21;1-12-8-15(9-13(2)17(12)20-4-6-25-7-5-20)16-10-21(24-18(16)23)11-19-14(3)22;1-10-6-13(7-11(2)15(10)22(4)5)14-8-18(21-16(14)20)9-17-12(3)19;1-9-5-12(6-10(2)14(9)21-4)13-7-17(20-15(13)19)8-16-11(3)18/h9-11H,4-8,12H2,1-3H3,(H,20,23);8-10H,4-7,11H2,1-3H3,(H,19,22);6-8H,4,9H2,1-3,5H3,(H,17,19);5-7H,8H2,1-4H3,(H,16,18). The predicted octanol–water partition coefficient (Wildman–Crippen LogP) is 9.76. The minimum Gasteiger partial charge on any atom is -0.369 e. The number of carbonyl (C=O) groups is 4. The molecular weight excluding hydrogens is 1280 g/mol. The van der Waals surface area contributed by atoms with E-state index < -0.39 is 22.5 Å². The molecule has 2 fully saturated rings. The fourth-order valence-corrected chi connectivity index (χ4v) is 15.4. The predicted molar refractivity (Wildman–Crippen MR) is 384 cm³/mol. The van der Waals surface area contributed by atoms with Crippen LogP contribution >= 0.6 is 44.5 Å². The molecule has 504 valence electrons. The van der Waals surface area contributed by atoms with E-state index in [1.165, 1.54) is 67.8 Å².